The summed E-state index contributed by atoms with van der Waals surface area (Å²) in [7, 11) is 1.87. The van der Waals surface area contributed by atoms with E-state index in [1.54, 1.807) is 15.8 Å². The number of anilines is 1. The van der Waals surface area contributed by atoms with Crippen LogP contribution in [0.2, 0.25) is 0 Å². The lowest BCUT2D eigenvalue weighted by Gasteiger charge is -2.32. The lowest BCUT2D eigenvalue weighted by atomic mass is 10.0. The number of nitrogens with zero attached hydrogens (tertiary/aromatic N) is 3. The quantitative estimate of drug-likeness (QED) is 0.886. The Morgan fingerprint density at radius 1 is 1.48 bits per heavy atom. The van der Waals surface area contributed by atoms with Crippen LogP contribution in [0.3, 0.4) is 0 Å². The maximum absolute atomic E-state index is 12.7. The zero-order valence-electron chi connectivity index (χ0n) is 13.7. The Kier molecular flexibility index (Phi) is 4.81. The summed E-state index contributed by atoms with van der Waals surface area (Å²) in [6.45, 7) is 2.87. The monoisotopic (exact) mass is 316 g/mol. The molecule has 1 aliphatic heterocycles. The number of rotatable bonds is 6. The molecule has 0 bridgehead atoms. The van der Waals surface area contributed by atoms with Crippen LogP contribution in [0.5, 0.6) is 0 Å². The fourth-order valence-electron chi connectivity index (χ4n) is 3.04. The summed E-state index contributed by atoms with van der Waals surface area (Å²) in [5.41, 5.74) is 0. The highest BCUT2D eigenvalue weighted by atomic mass is 16.3. The number of hydrogen-bond donors (Lipinski definition) is 1. The SMILES string of the molecule is C[C@@H](CCc1ccco1)N[C@@H]1CCCN(c2ccn(C)n2)C1=O. The van der Waals surface area contributed by atoms with Crippen molar-refractivity contribution in [1.29, 1.82) is 0 Å². The molecule has 0 unspecified atom stereocenters. The fraction of sp³-hybridized carbons (Fsp3) is 0.529. The highest BCUT2D eigenvalue weighted by Crippen LogP contribution is 2.19. The van der Waals surface area contributed by atoms with E-state index < -0.39 is 0 Å². The highest BCUT2D eigenvalue weighted by molar-refractivity contribution is 5.97. The Balaban J connectivity index is 1.55. The lowest BCUT2D eigenvalue weighted by molar-refractivity contribution is -0.122. The maximum Gasteiger partial charge on any atom is 0.245 e. The summed E-state index contributed by atoms with van der Waals surface area (Å²) >= 11 is 0. The van der Waals surface area contributed by atoms with E-state index in [0.717, 1.165) is 43.8 Å². The van der Waals surface area contributed by atoms with Gasteiger partial charge in [0.25, 0.3) is 0 Å². The number of amides is 1. The van der Waals surface area contributed by atoms with E-state index in [2.05, 4.69) is 17.3 Å². The first-order valence-electron chi connectivity index (χ1n) is 8.23. The molecule has 3 rings (SSSR count). The lowest BCUT2D eigenvalue weighted by Crippen LogP contribution is -2.53. The minimum absolute atomic E-state index is 0.125. The van der Waals surface area contributed by atoms with Crippen molar-refractivity contribution >= 4 is 11.7 Å². The number of piperidine rings is 1. The average Bonchev–Trinajstić information content (AvgIpc) is 3.19. The summed E-state index contributed by atoms with van der Waals surface area (Å²) in [5.74, 6) is 1.86. The van der Waals surface area contributed by atoms with Crippen molar-refractivity contribution in [3.05, 3.63) is 36.4 Å². The predicted octanol–water partition coefficient (Wildman–Crippen LogP) is 2.12. The number of aryl methyl sites for hydroxylation is 2. The molecular weight excluding hydrogens is 292 g/mol. The first-order valence-corrected chi connectivity index (χ1v) is 8.23. The summed E-state index contributed by atoms with van der Waals surface area (Å²) in [4.78, 5) is 14.5. The van der Waals surface area contributed by atoms with Gasteiger partial charge in [0.15, 0.2) is 5.82 Å². The molecule has 0 saturated carbocycles. The molecule has 6 heteroatoms. The zero-order valence-corrected chi connectivity index (χ0v) is 13.7. The molecule has 1 N–H and O–H groups in total. The van der Waals surface area contributed by atoms with E-state index in [0.29, 0.717) is 0 Å². The van der Waals surface area contributed by atoms with Crippen molar-refractivity contribution in [3.63, 3.8) is 0 Å². The Morgan fingerprint density at radius 2 is 2.35 bits per heavy atom. The van der Waals surface area contributed by atoms with Gasteiger partial charge in [-0.15, -0.1) is 0 Å². The molecule has 0 radical (unpaired) electrons. The van der Waals surface area contributed by atoms with Gasteiger partial charge in [-0.3, -0.25) is 14.4 Å². The normalized spacial score (nSPS) is 20.0. The van der Waals surface area contributed by atoms with Crippen LogP contribution in [0, 0.1) is 0 Å². The van der Waals surface area contributed by atoms with Gasteiger partial charge in [0, 0.05) is 38.3 Å². The topological polar surface area (TPSA) is 63.3 Å². The average molecular weight is 316 g/mol. The molecule has 0 aromatic carbocycles. The number of carbonyl (C=O) groups excluding carboxylic acids is 1. The Bertz CT molecular complexity index is 635. The second-order valence-electron chi connectivity index (χ2n) is 6.22. The van der Waals surface area contributed by atoms with Gasteiger partial charge >= 0.3 is 0 Å². The standard InChI is InChI=1S/C17H24N4O2/c1-13(7-8-14-5-4-12-23-14)18-15-6-3-10-21(17(15)22)16-9-11-20(2)19-16/h4-5,9,11-13,15,18H,3,6-8,10H2,1-2H3/t13-,15+/m0/s1. The van der Waals surface area contributed by atoms with Gasteiger partial charge in [0.05, 0.1) is 12.3 Å². The van der Waals surface area contributed by atoms with Crippen molar-refractivity contribution in [2.75, 3.05) is 11.4 Å². The fourth-order valence-corrected chi connectivity index (χ4v) is 3.04. The van der Waals surface area contributed by atoms with Crippen LogP contribution in [0.4, 0.5) is 5.82 Å². The van der Waals surface area contributed by atoms with Gasteiger partial charge in [-0.25, -0.2) is 0 Å². The van der Waals surface area contributed by atoms with Gasteiger partial charge in [-0.1, -0.05) is 0 Å². The third kappa shape index (κ3) is 3.82. The van der Waals surface area contributed by atoms with Crippen LogP contribution >= 0.6 is 0 Å². The van der Waals surface area contributed by atoms with Gasteiger partial charge < -0.3 is 9.73 Å². The first-order chi connectivity index (χ1) is 11.1. The molecule has 0 spiro atoms. The summed E-state index contributed by atoms with van der Waals surface area (Å²) in [6, 6.07) is 5.92. The highest BCUT2D eigenvalue weighted by Gasteiger charge is 2.31. The second-order valence-corrected chi connectivity index (χ2v) is 6.22. The van der Waals surface area contributed by atoms with E-state index in [-0.39, 0.29) is 18.0 Å². The van der Waals surface area contributed by atoms with Gasteiger partial charge in [-0.05, 0) is 38.3 Å². The van der Waals surface area contributed by atoms with Crippen LogP contribution in [0.1, 0.15) is 31.9 Å². The molecule has 2 aromatic rings. The zero-order chi connectivity index (χ0) is 16.2. The Labute approximate surface area is 136 Å². The molecular formula is C17H24N4O2. The van der Waals surface area contributed by atoms with Crippen molar-refractivity contribution in [3.8, 4) is 0 Å². The Hall–Kier alpha value is -2.08. The van der Waals surface area contributed by atoms with Gasteiger partial charge in [-0.2, -0.15) is 5.10 Å². The number of furan rings is 1. The molecule has 1 fully saturated rings. The van der Waals surface area contributed by atoms with E-state index >= 15 is 0 Å². The van der Waals surface area contributed by atoms with E-state index in [9.17, 15) is 4.79 Å². The number of hydrogen-bond acceptors (Lipinski definition) is 4. The number of aromatic nitrogens is 2. The first kappa shape index (κ1) is 15.8. The van der Waals surface area contributed by atoms with Gasteiger partial charge in [0.1, 0.15) is 5.76 Å². The summed E-state index contributed by atoms with van der Waals surface area (Å²) < 4.78 is 7.09. The third-order valence-electron chi connectivity index (χ3n) is 4.30. The molecule has 124 valence electrons. The van der Waals surface area contributed by atoms with Crippen molar-refractivity contribution < 1.29 is 9.21 Å². The molecule has 1 amide bonds. The van der Waals surface area contributed by atoms with Gasteiger partial charge in [0.2, 0.25) is 5.91 Å². The molecule has 6 nitrogen and oxygen atoms in total. The number of nitrogens with one attached hydrogen (secondary N) is 1. The van der Waals surface area contributed by atoms with E-state index in [1.165, 1.54) is 0 Å². The van der Waals surface area contributed by atoms with Crippen molar-refractivity contribution in [1.82, 2.24) is 15.1 Å². The van der Waals surface area contributed by atoms with Crippen LogP contribution in [-0.4, -0.2) is 34.3 Å². The van der Waals surface area contributed by atoms with Crippen LogP contribution in [0.15, 0.2) is 35.1 Å². The minimum atomic E-state index is -0.127. The maximum atomic E-state index is 12.7. The molecule has 3 heterocycles. The molecule has 0 aliphatic carbocycles. The largest absolute Gasteiger partial charge is 0.469 e. The molecule has 1 saturated heterocycles. The molecule has 23 heavy (non-hydrogen) atoms. The van der Waals surface area contributed by atoms with E-state index in [1.807, 2.05) is 31.4 Å². The Morgan fingerprint density at radius 3 is 3.04 bits per heavy atom. The smallest absolute Gasteiger partial charge is 0.245 e. The van der Waals surface area contributed by atoms with Crippen molar-refractivity contribution in [2.45, 2.75) is 44.7 Å². The second kappa shape index (κ2) is 7.00. The molecule has 1 aliphatic rings. The minimum Gasteiger partial charge on any atom is -0.469 e. The number of carbonyl (C=O) groups is 1. The summed E-state index contributed by atoms with van der Waals surface area (Å²) in [5, 5.41) is 7.82. The molecule has 2 aromatic heterocycles. The van der Waals surface area contributed by atoms with Crippen LogP contribution < -0.4 is 10.2 Å². The van der Waals surface area contributed by atoms with E-state index in [4.69, 9.17) is 4.42 Å². The third-order valence-corrected chi connectivity index (χ3v) is 4.30. The van der Waals surface area contributed by atoms with Crippen LogP contribution in [-0.2, 0) is 18.3 Å². The van der Waals surface area contributed by atoms with Crippen molar-refractivity contribution in [2.24, 2.45) is 7.05 Å². The predicted molar refractivity (Wildman–Crippen MR) is 88.2 cm³/mol. The summed E-state index contributed by atoms with van der Waals surface area (Å²) in [6.07, 6.45) is 7.26. The van der Waals surface area contributed by atoms with Crippen LogP contribution in [0.25, 0.3) is 0 Å². The molecule has 2 atom stereocenters.